The van der Waals surface area contributed by atoms with E-state index in [1.165, 1.54) is 18.2 Å². The Hall–Kier alpha value is -1.64. The summed E-state index contributed by atoms with van der Waals surface area (Å²) in [4.78, 5) is 8.27. The predicted octanol–water partition coefficient (Wildman–Crippen LogP) is 3.60. The first-order valence-electron chi connectivity index (χ1n) is 8.75. The fraction of sp³-hybridized carbons (Fsp3) is 0.647. The van der Waals surface area contributed by atoms with Crippen LogP contribution < -0.4 is 16.0 Å². The molecule has 0 atom stereocenters. The Morgan fingerprint density at radius 1 is 1.15 bits per heavy atom. The number of thioether (sulfide) groups is 1. The SMILES string of the molecule is CCNC(=NCCCNc1ccc(C(F)(F)F)cn1)NCCCCSC. The van der Waals surface area contributed by atoms with E-state index in [0.717, 1.165) is 44.2 Å². The van der Waals surface area contributed by atoms with E-state index in [1.54, 1.807) is 0 Å². The Morgan fingerprint density at radius 2 is 1.96 bits per heavy atom. The standard InChI is InChI=1S/C17H28F3N5S/c1-3-21-16(23-9-4-5-12-26-2)24-11-6-10-22-15-8-7-14(13-25-15)17(18,19)20/h7-8,13H,3-6,9-12H2,1-2H3,(H,22,25)(H2,21,23,24). The van der Waals surface area contributed by atoms with Crippen LogP contribution in [0.1, 0.15) is 31.7 Å². The largest absolute Gasteiger partial charge is 0.417 e. The van der Waals surface area contributed by atoms with Crippen LogP contribution in [-0.2, 0) is 6.18 Å². The van der Waals surface area contributed by atoms with E-state index in [2.05, 4.69) is 32.2 Å². The van der Waals surface area contributed by atoms with Gasteiger partial charge in [-0.05, 0) is 50.3 Å². The Labute approximate surface area is 157 Å². The van der Waals surface area contributed by atoms with E-state index in [-0.39, 0.29) is 0 Å². The molecule has 0 saturated carbocycles. The van der Waals surface area contributed by atoms with Gasteiger partial charge < -0.3 is 16.0 Å². The van der Waals surface area contributed by atoms with Gasteiger partial charge in [0.1, 0.15) is 5.82 Å². The number of anilines is 1. The molecule has 5 nitrogen and oxygen atoms in total. The zero-order chi connectivity index (χ0) is 19.3. The van der Waals surface area contributed by atoms with Crippen molar-refractivity contribution >= 4 is 23.5 Å². The molecule has 0 radical (unpaired) electrons. The third-order valence-corrected chi connectivity index (χ3v) is 4.11. The molecule has 0 fully saturated rings. The van der Waals surface area contributed by atoms with Crippen molar-refractivity contribution in [1.82, 2.24) is 15.6 Å². The molecular weight excluding hydrogens is 363 g/mol. The minimum atomic E-state index is -4.36. The summed E-state index contributed by atoms with van der Waals surface area (Å²) in [7, 11) is 0. The van der Waals surface area contributed by atoms with Gasteiger partial charge in [0.25, 0.3) is 0 Å². The number of aliphatic imine (C=N–C) groups is 1. The fourth-order valence-electron chi connectivity index (χ4n) is 2.07. The van der Waals surface area contributed by atoms with Gasteiger partial charge in [-0.25, -0.2) is 4.98 Å². The van der Waals surface area contributed by atoms with Crippen molar-refractivity contribution in [3.63, 3.8) is 0 Å². The van der Waals surface area contributed by atoms with Crippen LogP contribution in [0.3, 0.4) is 0 Å². The minimum Gasteiger partial charge on any atom is -0.370 e. The second-order valence-corrected chi connectivity index (χ2v) is 6.58. The van der Waals surface area contributed by atoms with Gasteiger partial charge in [0.2, 0.25) is 0 Å². The van der Waals surface area contributed by atoms with Crippen LogP contribution in [0, 0.1) is 0 Å². The molecule has 1 heterocycles. The molecule has 0 unspecified atom stereocenters. The van der Waals surface area contributed by atoms with Gasteiger partial charge in [0.05, 0.1) is 5.56 Å². The fourth-order valence-corrected chi connectivity index (χ4v) is 2.57. The van der Waals surface area contributed by atoms with Gasteiger partial charge >= 0.3 is 6.18 Å². The highest BCUT2D eigenvalue weighted by molar-refractivity contribution is 7.98. The zero-order valence-corrected chi connectivity index (χ0v) is 16.1. The van der Waals surface area contributed by atoms with Crippen LogP contribution in [0.5, 0.6) is 0 Å². The van der Waals surface area contributed by atoms with Gasteiger partial charge in [-0.15, -0.1) is 0 Å². The Morgan fingerprint density at radius 3 is 2.58 bits per heavy atom. The molecule has 0 saturated heterocycles. The number of pyridine rings is 1. The Bertz CT molecular complexity index is 520. The zero-order valence-electron chi connectivity index (χ0n) is 15.3. The lowest BCUT2D eigenvalue weighted by Gasteiger charge is -2.11. The number of alkyl halides is 3. The lowest BCUT2D eigenvalue weighted by atomic mass is 10.3. The summed E-state index contributed by atoms with van der Waals surface area (Å²) in [5, 5.41) is 9.50. The highest BCUT2D eigenvalue weighted by atomic mass is 32.2. The summed E-state index contributed by atoms with van der Waals surface area (Å²) in [5.41, 5.74) is -0.744. The van der Waals surface area contributed by atoms with Gasteiger partial charge in [0.15, 0.2) is 5.96 Å². The van der Waals surface area contributed by atoms with E-state index < -0.39 is 11.7 Å². The maximum atomic E-state index is 12.5. The van der Waals surface area contributed by atoms with E-state index in [1.807, 2.05) is 18.7 Å². The number of hydrogen-bond donors (Lipinski definition) is 3. The molecule has 0 aromatic carbocycles. The van der Waals surface area contributed by atoms with E-state index >= 15 is 0 Å². The van der Waals surface area contributed by atoms with Crippen molar-refractivity contribution in [1.29, 1.82) is 0 Å². The van der Waals surface area contributed by atoms with Crippen molar-refractivity contribution in [2.75, 3.05) is 43.5 Å². The molecule has 0 aliphatic rings. The van der Waals surface area contributed by atoms with E-state index in [0.29, 0.717) is 18.9 Å². The summed E-state index contributed by atoms with van der Waals surface area (Å²) in [6, 6.07) is 2.37. The number of hydrogen-bond acceptors (Lipinski definition) is 4. The van der Waals surface area contributed by atoms with Crippen molar-refractivity contribution < 1.29 is 13.2 Å². The first-order chi connectivity index (χ1) is 12.5. The lowest BCUT2D eigenvalue weighted by molar-refractivity contribution is -0.137. The topological polar surface area (TPSA) is 61.3 Å². The molecule has 26 heavy (non-hydrogen) atoms. The monoisotopic (exact) mass is 391 g/mol. The average Bonchev–Trinajstić information content (AvgIpc) is 2.60. The predicted molar refractivity (Wildman–Crippen MR) is 104 cm³/mol. The van der Waals surface area contributed by atoms with Gasteiger partial charge in [0, 0.05) is 32.4 Å². The summed E-state index contributed by atoms with van der Waals surface area (Å²) in [5.74, 6) is 2.39. The average molecular weight is 392 g/mol. The van der Waals surface area contributed by atoms with Crippen LogP contribution in [0.25, 0.3) is 0 Å². The second kappa shape index (κ2) is 12.7. The van der Waals surface area contributed by atoms with Crippen molar-refractivity contribution in [2.45, 2.75) is 32.4 Å². The van der Waals surface area contributed by atoms with Crippen LogP contribution in [0.15, 0.2) is 23.3 Å². The normalized spacial score (nSPS) is 12.1. The van der Waals surface area contributed by atoms with Crippen molar-refractivity contribution in [3.8, 4) is 0 Å². The number of unbranched alkanes of at least 4 members (excludes halogenated alkanes) is 1. The molecule has 0 spiro atoms. The quantitative estimate of drug-likeness (QED) is 0.306. The summed E-state index contributed by atoms with van der Waals surface area (Å²) in [6.07, 6.45) is 1.62. The molecule has 148 valence electrons. The maximum Gasteiger partial charge on any atom is 0.417 e. The van der Waals surface area contributed by atoms with Crippen LogP contribution in [-0.4, -0.2) is 49.1 Å². The number of halogens is 3. The van der Waals surface area contributed by atoms with Crippen LogP contribution in [0.4, 0.5) is 19.0 Å². The highest BCUT2D eigenvalue weighted by Gasteiger charge is 2.30. The summed E-state index contributed by atoms with van der Waals surface area (Å²) in [6.45, 7) is 4.91. The first-order valence-corrected chi connectivity index (χ1v) is 10.1. The number of nitrogens with zero attached hydrogens (tertiary/aromatic N) is 2. The molecule has 0 aliphatic heterocycles. The third kappa shape index (κ3) is 9.74. The van der Waals surface area contributed by atoms with Crippen LogP contribution >= 0.6 is 11.8 Å². The summed E-state index contributed by atoms with van der Waals surface area (Å²) < 4.78 is 37.4. The third-order valence-electron chi connectivity index (χ3n) is 3.41. The molecule has 1 rings (SSSR count). The maximum absolute atomic E-state index is 12.5. The number of guanidine groups is 1. The van der Waals surface area contributed by atoms with Gasteiger partial charge in [-0.3, -0.25) is 4.99 Å². The highest BCUT2D eigenvalue weighted by Crippen LogP contribution is 2.28. The van der Waals surface area contributed by atoms with Gasteiger partial charge in [-0.1, -0.05) is 0 Å². The Balaban J connectivity index is 2.27. The minimum absolute atomic E-state index is 0.431. The molecule has 3 N–H and O–H groups in total. The van der Waals surface area contributed by atoms with Gasteiger partial charge in [-0.2, -0.15) is 24.9 Å². The molecule has 0 amide bonds. The second-order valence-electron chi connectivity index (χ2n) is 5.60. The number of aromatic nitrogens is 1. The smallest absolute Gasteiger partial charge is 0.370 e. The van der Waals surface area contributed by atoms with E-state index in [4.69, 9.17) is 0 Å². The molecule has 9 heteroatoms. The lowest BCUT2D eigenvalue weighted by Crippen LogP contribution is -2.38. The molecule has 0 aliphatic carbocycles. The molecule has 1 aromatic rings. The molecule has 1 aromatic heterocycles. The summed E-state index contributed by atoms with van der Waals surface area (Å²) >= 11 is 1.85. The number of nitrogens with one attached hydrogen (secondary N) is 3. The first kappa shape index (κ1) is 22.4. The van der Waals surface area contributed by atoms with E-state index in [9.17, 15) is 13.2 Å². The Kier molecular flexibility index (Phi) is 10.9. The van der Waals surface area contributed by atoms with Crippen LogP contribution in [0.2, 0.25) is 0 Å². The molecular formula is C17H28F3N5S. The van der Waals surface area contributed by atoms with Crippen molar-refractivity contribution in [3.05, 3.63) is 23.9 Å². The van der Waals surface area contributed by atoms with Crippen molar-refractivity contribution in [2.24, 2.45) is 4.99 Å². The molecule has 0 bridgehead atoms. The number of rotatable bonds is 11.